The minimum Gasteiger partial charge on any atom is -0.463 e. The first-order valence-electron chi connectivity index (χ1n) is 8.64. The molecular formula is C18H25ClN6O2. The van der Waals surface area contributed by atoms with Crippen molar-refractivity contribution in [1.29, 1.82) is 5.41 Å². The number of pyridine rings is 1. The van der Waals surface area contributed by atoms with Crippen LogP contribution in [-0.4, -0.2) is 44.6 Å². The van der Waals surface area contributed by atoms with E-state index < -0.39 is 5.60 Å². The van der Waals surface area contributed by atoms with Crippen LogP contribution in [0.25, 0.3) is 0 Å². The van der Waals surface area contributed by atoms with Gasteiger partial charge in [0.15, 0.2) is 0 Å². The standard InChI is InChI=1S/C18H25ClN6O2/c1-12-15(19)24-17(25-16(12)22-11-18(2,3)26)27-10-6-7-13(20)23-14-8-4-5-9-21-14/h4-5,8-9,26H,6-7,10-11H2,1-3H3,(H2,20,21,23)(H,22,24,25). The zero-order valence-electron chi connectivity index (χ0n) is 15.7. The largest absolute Gasteiger partial charge is 0.463 e. The van der Waals surface area contributed by atoms with E-state index in [9.17, 15) is 5.11 Å². The zero-order chi connectivity index (χ0) is 19.9. The summed E-state index contributed by atoms with van der Waals surface area (Å²) in [4.78, 5) is 15.5. The Morgan fingerprint density at radius 2 is 2.19 bits per heavy atom. The van der Waals surface area contributed by atoms with Crippen molar-refractivity contribution < 1.29 is 9.84 Å². The molecule has 2 aromatic heterocycles. The summed E-state index contributed by atoms with van der Waals surface area (Å²) in [5.41, 5.74) is 0.442. The molecule has 0 unspecified atom stereocenters. The summed E-state index contributed by atoms with van der Waals surface area (Å²) in [6.45, 7) is 5.84. The second kappa shape index (κ2) is 9.48. The molecule has 0 fully saturated rings. The van der Waals surface area contributed by atoms with E-state index in [-0.39, 0.29) is 11.8 Å². The van der Waals surface area contributed by atoms with Crippen molar-refractivity contribution in [1.82, 2.24) is 15.0 Å². The number of H-pyrrole nitrogens is 1. The van der Waals surface area contributed by atoms with Crippen LogP contribution < -0.4 is 15.5 Å². The lowest BCUT2D eigenvalue weighted by Gasteiger charge is -2.19. The Morgan fingerprint density at radius 1 is 1.41 bits per heavy atom. The highest BCUT2D eigenvalue weighted by atomic mass is 35.5. The second-order valence-corrected chi connectivity index (χ2v) is 7.05. The van der Waals surface area contributed by atoms with Crippen molar-refractivity contribution in [3.05, 3.63) is 40.6 Å². The van der Waals surface area contributed by atoms with Gasteiger partial charge in [-0.05, 0) is 39.3 Å². The lowest BCUT2D eigenvalue weighted by molar-refractivity contribution is 0.0944. The van der Waals surface area contributed by atoms with Crippen molar-refractivity contribution in [2.24, 2.45) is 4.99 Å². The van der Waals surface area contributed by atoms with Crippen LogP contribution in [0.4, 0.5) is 5.82 Å². The molecule has 0 aliphatic carbocycles. The van der Waals surface area contributed by atoms with Crippen molar-refractivity contribution in [2.75, 3.05) is 18.5 Å². The molecule has 0 aromatic carbocycles. The molecular weight excluding hydrogens is 368 g/mol. The number of amidine groups is 1. The Hall–Kier alpha value is -2.45. The fourth-order valence-electron chi connectivity index (χ4n) is 2.06. The SMILES string of the molecule is Cc1c(Cl)nc(OCCCC(=N)/N=c2/cccc[nH]2)nc1NCC(C)(C)O. The van der Waals surface area contributed by atoms with Gasteiger partial charge in [-0.1, -0.05) is 17.7 Å². The molecule has 0 aliphatic heterocycles. The van der Waals surface area contributed by atoms with Crippen LogP contribution in [0, 0.1) is 12.3 Å². The zero-order valence-corrected chi connectivity index (χ0v) is 16.5. The summed E-state index contributed by atoms with van der Waals surface area (Å²) in [7, 11) is 0. The molecule has 0 bridgehead atoms. The summed E-state index contributed by atoms with van der Waals surface area (Å²) < 4.78 is 5.56. The Morgan fingerprint density at radius 3 is 2.85 bits per heavy atom. The highest BCUT2D eigenvalue weighted by Crippen LogP contribution is 2.23. The van der Waals surface area contributed by atoms with Crippen LogP contribution in [0.15, 0.2) is 29.4 Å². The van der Waals surface area contributed by atoms with Crippen LogP contribution in [-0.2, 0) is 0 Å². The van der Waals surface area contributed by atoms with Gasteiger partial charge in [0.1, 0.15) is 22.3 Å². The maximum Gasteiger partial charge on any atom is 0.319 e. The van der Waals surface area contributed by atoms with E-state index in [4.69, 9.17) is 21.7 Å². The topological polar surface area (TPSA) is 119 Å². The molecule has 0 aliphatic rings. The fourth-order valence-corrected chi connectivity index (χ4v) is 2.23. The van der Waals surface area contributed by atoms with Crippen LogP contribution in [0.1, 0.15) is 32.3 Å². The van der Waals surface area contributed by atoms with E-state index >= 15 is 0 Å². The number of aromatic amines is 1. The highest BCUT2D eigenvalue weighted by molar-refractivity contribution is 6.30. The van der Waals surface area contributed by atoms with Gasteiger partial charge >= 0.3 is 6.01 Å². The van der Waals surface area contributed by atoms with Crippen LogP contribution >= 0.6 is 11.6 Å². The van der Waals surface area contributed by atoms with Crippen LogP contribution in [0.5, 0.6) is 6.01 Å². The molecule has 0 spiro atoms. The first-order chi connectivity index (χ1) is 12.7. The monoisotopic (exact) mass is 392 g/mol. The van der Waals surface area contributed by atoms with Gasteiger partial charge < -0.3 is 20.1 Å². The lowest BCUT2D eigenvalue weighted by Crippen LogP contribution is -2.30. The predicted molar refractivity (Wildman–Crippen MR) is 105 cm³/mol. The Bertz CT molecular complexity index is 827. The van der Waals surface area contributed by atoms with Gasteiger partial charge in [-0.25, -0.2) is 4.99 Å². The number of hydrogen-bond acceptors (Lipinski definition) is 6. The normalized spacial score (nSPS) is 12.1. The summed E-state index contributed by atoms with van der Waals surface area (Å²) in [5.74, 6) is 0.783. The molecule has 2 heterocycles. The van der Waals surface area contributed by atoms with Gasteiger partial charge in [-0.3, -0.25) is 5.41 Å². The van der Waals surface area contributed by atoms with Crippen LogP contribution in [0.2, 0.25) is 5.15 Å². The molecule has 0 radical (unpaired) electrons. The maximum absolute atomic E-state index is 9.84. The molecule has 2 aromatic rings. The number of ether oxygens (including phenoxy) is 1. The molecule has 0 saturated heterocycles. The van der Waals surface area contributed by atoms with Crippen molar-refractivity contribution in [2.45, 2.75) is 39.2 Å². The average Bonchev–Trinajstić information content (AvgIpc) is 2.60. The highest BCUT2D eigenvalue weighted by Gasteiger charge is 2.15. The van der Waals surface area contributed by atoms with Gasteiger partial charge in [0.2, 0.25) is 0 Å². The number of aliphatic hydroxyl groups is 1. The smallest absolute Gasteiger partial charge is 0.319 e. The van der Waals surface area contributed by atoms with Crippen molar-refractivity contribution in [3.8, 4) is 6.01 Å². The third-order valence-corrected chi connectivity index (χ3v) is 3.86. The first kappa shape index (κ1) is 20.9. The number of hydrogen-bond donors (Lipinski definition) is 4. The Labute approximate surface area is 163 Å². The van der Waals surface area contributed by atoms with Gasteiger partial charge in [-0.2, -0.15) is 9.97 Å². The Balaban J connectivity index is 1.88. The predicted octanol–water partition coefficient (Wildman–Crippen LogP) is 2.69. The minimum atomic E-state index is -0.884. The number of anilines is 1. The quantitative estimate of drug-likeness (QED) is 0.238. The second-order valence-electron chi connectivity index (χ2n) is 6.69. The Kier molecular flexibility index (Phi) is 7.32. The third-order valence-electron chi connectivity index (χ3n) is 3.49. The summed E-state index contributed by atoms with van der Waals surface area (Å²) in [5, 5.41) is 21.1. The number of nitrogens with zero attached hydrogens (tertiary/aromatic N) is 3. The number of halogens is 1. The molecule has 0 saturated carbocycles. The lowest BCUT2D eigenvalue weighted by atomic mass is 10.1. The van der Waals surface area contributed by atoms with Gasteiger partial charge in [0.05, 0.1) is 12.2 Å². The van der Waals surface area contributed by atoms with Gasteiger partial charge in [0, 0.05) is 24.7 Å². The van der Waals surface area contributed by atoms with Gasteiger partial charge in [-0.15, -0.1) is 0 Å². The number of rotatable bonds is 8. The summed E-state index contributed by atoms with van der Waals surface area (Å²) in [6.07, 6.45) is 2.82. The number of aromatic nitrogens is 3. The third kappa shape index (κ3) is 7.36. The summed E-state index contributed by atoms with van der Waals surface area (Å²) >= 11 is 6.14. The van der Waals surface area contributed by atoms with Crippen LogP contribution in [0.3, 0.4) is 0 Å². The average molecular weight is 393 g/mol. The first-order valence-corrected chi connectivity index (χ1v) is 9.01. The molecule has 146 valence electrons. The molecule has 0 atom stereocenters. The fraction of sp³-hybridized carbons (Fsp3) is 0.444. The van der Waals surface area contributed by atoms with Gasteiger partial charge in [0.25, 0.3) is 0 Å². The minimum absolute atomic E-state index is 0.156. The van der Waals surface area contributed by atoms with Crippen molar-refractivity contribution in [3.63, 3.8) is 0 Å². The van der Waals surface area contributed by atoms with E-state index in [0.29, 0.717) is 48.0 Å². The van der Waals surface area contributed by atoms with E-state index in [1.54, 1.807) is 33.0 Å². The van der Waals surface area contributed by atoms with E-state index in [2.05, 4.69) is 25.3 Å². The van der Waals surface area contributed by atoms with E-state index in [1.165, 1.54) is 0 Å². The molecule has 2 rings (SSSR count). The van der Waals surface area contributed by atoms with Crippen molar-refractivity contribution >= 4 is 23.3 Å². The van der Waals surface area contributed by atoms with E-state index in [0.717, 1.165) is 0 Å². The van der Waals surface area contributed by atoms with E-state index in [1.807, 2.05) is 12.1 Å². The molecule has 4 N–H and O–H groups in total. The molecule has 0 amide bonds. The molecule has 27 heavy (non-hydrogen) atoms. The summed E-state index contributed by atoms with van der Waals surface area (Å²) in [6, 6.07) is 5.67. The molecule has 8 nitrogen and oxygen atoms in total. The maximum atomic E-state index is 9.84. The number of nitrogens with one attached hydrogen (secondary N) is 3. The molecule has 9 heteroatoms.